The van der Waals surface area contributed by atoms with Crippen molar-refractivity contribution < 1.29 is 32.8 Å². The fourth-order valence-corrected chi connectivity index (χ4v) is 6.63. The summed E-state index contributed by atoms with van der Waals surface area (Å²) < 4.78 is 37.3. The van der Waals surface area contributed by atoms with E-state index in [1.807, 2.05) is 20.8 Å². The third-order valence-electron chi connectivity index (χ3n) is 7.91. The van der Waals surface area contributed by atoms with Gasteiger partial charge in [-0.1, -0.05) is 33.6 Å². The molecule has 0 saturated heterocycles. The molecule has 3 aromatic rings. The number of aryl methyl sites for hydroxylation is 1. The molecule has 1 atom stereocenters. The molecule has 0 aliphatic carbocycles. The van der Waals surface area contributed by atoms with Crippen LogP contribution in [0.1, 0.15) is 81.5 Å². The summed E-state index contributed by atoms with van der Waals surface area (Å²) in [7, 11) is -3.83. The lowest BCUT2D eigenvalue weighted by Crippen LogP contribution is -2.32. The number of aliphatic hydroxyl groups is 1. The van der Waals surface area contributed by atoms with Gasteiger partial charge in [0.15, 0.2) is 0 Å². The van der Waals surface area contributed by atoms with Gasteiger partial charge in [0.25, 0.3) is 5.56 Å². The van der Waals surface area contributed by atoms with Crippen molar-refractivity contribution in [3.63, 3.8) is 0 Å². The molecule has 4 heterocycles. The summed E-state index contributed by atoms with van der Waals surface area (Å²) in [5, 5.41) is 12.1. The molecule has 0 radical (unpaired) electrons. The standard InChI is InChI=1S/C30H37N2O8P/c1-5-8-12-38-41(36,39-13-9-6-2)40-20-10-11-25-21(14-20)19(4)22-17-32-26(28(22)31-25)15-24-23(29(32)34)18-37-27(33)16-30(24,35)7-3/h10-11,14-15,35H,5-9,12-13,16-18H2,1-4H3/t30-/m1/s1. The van der Waals surface area contributed by atoms with Crippen molar-refractivity contribution in [1.29, 1.82) is 0 Å². The number of carbonyl (C=O) groups is 1. The minimum absolute atomic E-state index is 0.179. The molecule has 2 aromatic heterocycles. The van der Waals surface area contributed by atoms with E-state index in [1.54, 1.807) is 35.8 Å². The molecule has 1 N–H and O–H groups in total. The van der Waals surface area contributed by atoms with Crippen LogP contribution in [0.3, 0.4) is 0 Å². The molecule has 220 valence electrons. The maximum atomic E-state index is 13.6. The zero-order valence-electron chi connectivity index (χ0n) is 24.0. The van der Waals surface area contributed by atoms with Gasteiger partial charge in [0.1, 0.15) is 18.0 Å². The van der Waals surface area contributed by atoms with Crippen LogP contribution in [-0.2, 0) is 41.9 Å². The van der Waals surface area contributed by atoms with E-state index in [2.05, 4.69) is 0 Å². The van der Waals surface area contributed by atoms with Crippen LogP contribution < -0.4 is 10.1 Å². The van der Waals surface area contributed by atoms with Gasteiger partial charge >= 0.3 is 13.8 Å². The molecule has 0 saturated carbocycles. The summed E-state index contributed by atoms with van der Waals surface area (Å²) in [5.41, 5.74) is 2.58. The van der Waals surface area contributed by atoms with Crippen molar-refractivity contribution in [2.45, 2.75) is 85.0 Å². The first-order valence-corrected chi connectivity index (χ1v) is 15.8. The maximum Gasteiger partial charge on any atom is 0.530 e. The first-order valence-electron chi connectivity index (χ1n) is 14.3. The molecule has 5 rings (SSSR count). The van der Waals surface area contributed by atoms with Crippen molar-refractivity contribution >= 4 is 24.7 Å². The van der Waals surface area contributed by atoms with Gasteiger partial charge in [0, 0.05) is 10.9 Å². The van der Waals surface area contributed by atoms with Gasteiger partial charge in [-0.25, -0.2) is 9.55 Å². The normalized spacial score (nSPS) is 18.0. The first kappa shape index (κ1) is 29.5. The second kappa shape index (κ2) is 11.7. The molecule has 1 aromatic carbocycles. The Bertz CT molecular complexity index is 1590. The smallest absolute Gasteiger partial charge is 0.460 e. The molecule has 41 heavy (non-hydrogen) atoms. The van der Waals surface area contributed by atoms with Gasteiger partial charge in [-0.3, -0.25) is 18.6 Å². The number of unbranched alkanes of at least 4 members (excludes halogenated alkanes) is 2. The van der Waals surface area contributed by atoms with E-state index >= 15 is 0 Å². The minimum Gasteiger partial charge on any atom is -0.460 e. The third kappa shape index (κ3) is 5.58. The summed E-state index contributed by atoms with van der Waals surface area (Å²) in [4.78, 5) is 30.7. The zero-order valence-corrected chi connectivity index (χ0v) is 24.9. The predicted molar refractivity (Wildman–Crippen MR) is 154 cm³/mol. The number of aromatic nitrogens is 2. The molecular formula is C30H37N2O8P. The number of esters is 1. The van der Waals surface area contributed by atoms with Crippen LogP contribution in [0.4, 0.5) is 0 Å². The first-order chi connectivity index (χ1) is 19.6. The quantitative estimate of drug-likeness (QED) is 0.130. The number of ether oxygens (including phenoxy) is 1. The number of phosphoric ester groups is 1. The van der Waals surface area contributed by atoms with Gasteiger partial charge in [-0.2, -0.15) is 0 Å². The second-order valence-electron chi connectivity index (χ2n) is 10.7. The van der Waals surface area contributed by atoms with E-state index in [-0.39, 0.29) is 50.3 Å². The minimum atomic E-state index is -3.83. The number of carbonyl (C=O) groups excluding carboxylic acids is 1. The topological polar surface area (TPSA) is 126 Å². The highest BCUT2D eigenvalue weighted by Gasteiger charge is 2.39. The number of rotatable bonds is 11. The Kier molecular flexibility index (Phi) is 8.39. The van der Waals surface area contributed by atoms with E-state index in [9.17, 15) is 19.3 Å². The van der Waals surface area contributed by atoms with Crippen LogP contribution in [0, 0.1) is 6.92 Å². The van der Waals surface area contributed by atoms with Crippen molar-refractivity contribution in [1.82, 2.24) is 9.55 Å². The van der Waals surface area contributed by atoms with E-state index < -0.39 is 19.4 Å². The largest absolute Gasteiger partial charge is 0.530 e. The lowest BCUT2D eigenvalue weighted by Gasteiger charge is -2.26. The number of hydrogen-bond donors (Lipinski definition) is 1. The average molecular weight is 585 g/mol. The Balaban J connectivity index is 1.53. The zero-order chi connectivity index (χ0) is 29.4. The van der Waals surface area contributed by atoms with Crippen molar-refractivity contribution in [3.8, 4) is 17.1 Å². The van der Waals surface area contributed by atoms with E-state index in [4.69, 9.17) is 23.3 Å². The Morgan fingerprint density at radius 3 is 2.44 bits per heavy atom. The monoisotopic (exact) mass is 584 g/mol. The molecule has 0 amide bonds. The van der Waals surface area contributed by atoms with Crippen LogP contribution in [0.25, 0.3) is 22.3 Å². The summed E-state index contributed by atoms with van der Waals surface area (Å²) in [6.45, 7) is 8.41. The molecular weight excluding hydrogens is 547 g/mol. The highest BCUT2D eigenvalue weighted by molar-refractivity contribution is 7.48. The molecule has 10 nitrogen and oxygen atoms in total. The third-order valence-corrected chi connectivity index (χ3v) is 9.35. The average Bonchev–Trinajstić information content (AvgIpc) is 3.26. The maximum absolute atomic E-state index is 13.6. The van der Waals surface area contributed by atoms with Gasteiger partial charge in [0.05, 0.1) is 48.6 Å². The number of benzene rings is 1. The Labute approximate surface area is 239 Å². The molecule has 11 heteroatoms. The van der Waals surface area contributed by atoms with Crippen molar-refractivity contribution in [3.05, 3.63) is 56.9 Å². The highest BCUT2D eigenvalue weighted by atomic mass is 31.2. The fraction of sp³-hybridized carbons (Fsp3) is 0.500. The van der Waals surface area contributed by atoms with E-state index in [0.29, 0.717) is 28.2 Å². The molecule has 0 fully saturated rings. The van der Waals surface area contributed by atoms with Gasteiger partial charge in [0.2, 0.25) is 0 Å². The lowest BCUT2D eigenvalue weighted by molar-refractivity contribution is -0.149. The Hall–Kier alpha value is -3.04. The van der Waals surface area contributed by atoms with Crippen molar-refractivity contribution in [2.75, 3.05) is 13.2 Å². The van der Waals surface area contributed by atoms with Crippen molar-refractivity contribution in [2.24, 2.45) is 0 Å². The number of hydrogen-bond acceptors (Lipinski definition) is 9. The Morgan fingerprint density at radius 1 is 1.07 bits per heavy atom. The summed E-state index contributed by atoms with van der Waals surface area (Å²) in [5.74, 6) is -0.197. The van der Waals surface area contributed by atoms with E-state index in [1.165, 1.54) is 0 Å². The lowest BCUT2D eigenvalue weighted by atomic mass is 9.85. The number of cyclic esters (lactones) is 1. The molecule has 0 unspecified atom stereocenters. The summed E-state index contributed by atoms with van der Waals surface area (Å²) in [6, 6.07) is 7.01. The molecule has 2 aliphatic heterocycles. The number of nitrogens with zero attached hydrogens (tertiary/aromatic N) is 2. The predicted octanol–water partition coefficient (Wildman–Crippen LogP) is 5.90. The van der Waals surface area contributed by atoms with Gasteiger partial charge < -0.3 is 18.9 Å². The van der Waals surface area contributed by atoms with Crippen LogP contribution in [0.2, 0.25) is 0 Å². The highest BCUT2D eigenvalue weighted by Crippen LogP contribution is 2.50. The SMILES string of the molecule is CCCCOP(=O)(OCCCC)Oc1ccc2nc3c(c(C)c2c1)Cn1c-3cc2c(c1=O)COC(=O)C[C@]2(O)CC. The second-order valence-corrected chi connectivity index (χ2v) is 12.3. The van der Waals surface area contributed by atoms with Crippen LogP contribution in [-0.4, -0.2) is 33.8 Å². The molecule has 0 bridgehead atoms. The van der Waals surface area contributed by atoms with Crippen LogP contribution in [0.5, 0.6) is 5.75 Å². The fourth-order valence-electron chi connectivity index (χ4n) is 5.37. The summed E-state index contributed by atoms with van der Waals surface area (Å²) in [6.07, 6.45) is 3.29. The van der Waals surface area contributed by atoms with Crippen LogP contribution in [0.15, 0.2) is 29.1 Å². The van der Waals surface area contributed by atoms with Gasteiger partial charge in [-0.15, -0.1) is 0 Å². The van der Waals surface area contributed by atoms with Gasteiger partial charge in [-0.05, 0) is 61.6 Å². The number of fused-ring (bicyclic) bond motifs is 5. The number of phosphoric acid groups is 1. The van der Waals surface area contributed by atoms with Crippen LogP contribution >= 0.6 is 7.82 Å². The number of pyridine rings is 2. The molecule has 0 spiro atoms. The summed E-state index contributed by atoms with van der Waals surface area (Å²) >= 11 is 0. The Morgan fingerprint density at radius 2 is 1.78 bits per heavy atom. The molecule has 2 aliphatic rings. The van der Waals surface area contributed by atoms with E-state index in [0.717, 1.165) is 42.2 Å².